The number of hydrogen-bond acceptors (Lipinski definition) is 5. The van der Waals surface area contributed by atoms with Crippen molar-refractivity contribution in [3.63, 3.8) is 0 Å². The number of nitrogens with one attached hydrogen (secondary N) is 1. The van der Waals surface area contributed by atoms with Gasteiger partial charge in [0.2, 0.25) is 5.95 Å². The van der Waals surface area contributed by atoms with Crippen molar-refractivity contribution in [1.82, 2.24) is 19.7 Å². The molecule has 0 atom stereocenters. The molecule has 1 N–H and O–H groups in total. The van der Waals surface area contributed by atoms with Crippen LogP contribution in [-0.2, 0) is 0 Å². The summed E-state index contributed by atoms with van der Waals surface area (Å²) in [5.74, 6) is 1.25. The fraction of sp³-hybridized carbons (Fsp3) is 0.350. The number of nitrogens with zero attached hydrogens (tertiary/aromatic N) is 4. The van der Waals surface area contributed by atoms with Crippen LogP contribution in [0.2, 0.25) is 0 Å². The van der Waals surface area contributed by atoms with E-state index in [4.69, 9.17) is 0 Å². The lowest BCUT2D eigenvalue weighted by Gasteiger charge is -2.27. The molecule has 3 aromatic rings. The first kappa shape index (κ1) is 17.9. The summed E-state index contributed by atoms with van der Waals surface area (Å²) < 4.78 is 2.08. The topological polar surface area (TPSA) is 66.8 Å². The van der Waals surface area contributed by atoms with Crippen molar-refractivity contribution in [3.8, 4) is 5.69 Å². The van der Waals surface area contributed by atoms with Gasteiger partial charge in [-0.1, -0.05) is 29.5 Å². The van der Waals surface area contributed by atoms with E-state index in [1.165, 1.54) is 36.6 Å². The van der Waals surface area contributed by atoms with Crippen molar-refractivity contribution in [1.29, 1.82) is 0 Å². The molecule has 140 valence electrons. The van der Waals surface area contributed by atoms with Crippen LogP contribution in [0.1, 0.15) is 35.3 Å². The zero-order chi connectivity index (χ0) is 18.6. The summed E-state index contributed by atoms with van der Waals surface area (Å²) >= 11 is 1.43. The molecule has 27 heavy (non-hydrogen) atoms. The Morgan fingerprint density at radius 2 is 1.89 bits per heavy atom. The number of aromatic amines is 1. The molecule has 3 heterocycles. The molecule has 0 aliphatic carbocycles. The predicted octanol–water partition coefficient (Wildman–Crippen LogP) is 3.87. The first-order valence-corrected chi connectivity index (χ1v) is 10.3. The van der Waals surface area contributed by atoms with Crippen LogP contribution >= 0.6 is 11.8 Å². The van der Waals surface area contributed by atoms with Gasteiger partial charge in [-0.05, 0) is 50.5 Å². The first-order chi connectivity index (χ1) is 13.2. The summed E-state index contributed by atoms with van der Waals surface area (Å²) in [6, 6.07) is 12.0. The quantitative estimate of drug-likeness (QED) is 0.519. The zero-order valence-electron chi connectivity index (χ0n) is 15.4. The van der Waals surface area contributed by atoms with Gasteiger partial charge in [-0.2, -0.15) is 0 Å². The molecular weight excluding hydrogens is 358 g/mol. The number of carbonyl (C=O) groups excluding carboxylic acids is 1. The molecule has 2 aromatic heterocycles. The molecule has 0 radical (unpaired) electrons. The number of aromatic nitrogens is 4. The second-order valence-electron chi connectivity index (χ2n) is 6.80. The van der Waals surface area contributed by atoms with Crippen molar-refractivity contribution in [2.45, 2.75) is 31.3 Å². The van der Waals surface area contributed by atoms with E-state index in [1.54, 1.807) is 12.3 Å². The maximum Gasteiger partial charge on any atom is 0.232 e. The van der Waals surface area contributed by atoms with Gasteiger partial charge >= 0.3 is 0 Å². The third-order valence-corrected chi connectivity index (χ3v) is 5.71. The number of benzene rings is 1. The summed E-state index contributed by atoms with van der Waals surface area (Å²) in [7, 11) is 0. The van der Waals surface area contributed by atoms with E-state index in [0.717, 1.165) is 29.9 Å². The standard InChI is InChI=1S/C20H23N5OS/c1-15-7-9-16(10-8-15)25-19(24-12-3-2-4-13-24)22-23-20(25)27-14-18(26)17-6-5-11-21-17/h5-11,21H,2-4,12-14H2,1H3. The van der Waals surface area contributed by atoms with Crippen molar-refractivity contribution in [3.05, 3.63) is 53.9 Å². The van der Waals surface area contributed by atoms with E-state index in [-0.39, 0.29) is 5.78 Å². The second kappa shape index (κ2) is 8.00. The highest BCUT2D eigenvalue weighted by Gasteiger charge is 2.22. The highest BCUT2D eigenvalue weighted by atomic mass is 32.2. The minimum atomic E-state index is 0.0583. The molecule has 6 nitrogen and oxygen atoms in total. The Morgan fingerprint density at radius 3 is 2.59 bits per heavy atom. The van der Waals surface area contributed by atoms with Gasteiger partial charge in [0.05, 0.1) is 17.1 Å². The minimum Gasteiger partial charge on any atom is -0.359 e. The van der Waals surface area contributed by atoms with Gasteiger partial charge in [0.25, 0.3) is 0 Å². The van der Waals surface area contributed by atoms with Gasteiger partial charge in [-0.15, -0.1) is 10.2 Å². The molecule has 0 spiro atoms. The number of carbonyl (C=O) groups is 1. The molecule has 1 aliphatic rings. The molecular formula is C20H23N5OS. The number of thioether (sulfide) groups is 1. The van der Waals surface area contributed by atoms with Gasteiger partial charge in [0.1, 0.15) is 0 Å². The highest BCUT2D eigenvalue weighted by Crippen LogP contribution is 2.28. The Balaban J connectivity index is 1.63. The Bertz CT molecular complexity index is 895. The van der Waals surface area contributed by atoms with Crippen LogP contribution in [0.25, 0.3) is 5.69 Å². The molecule has 1 saturated heterocycles. The lowest BCUT2D eigenvalue weighted by Crippen LogP contribution is -2.31. The number of Topliss-reactive ketones (excluding diaryl/α,β-unsaturated/α-hetero) is 1. The third kappa shape index (κ3) is 3.93. The van der Waals surface area contributed by atoms with Crippen molar-refractivity contribution >= 4 is 23.5 Å². The predicted molar refractivity (Wildman–Crippen MR) is 108 cm³/mol. The number of H-pyrrole nitrogens is 1. The first-order valence-electron chi connectivity index (χ1n) is 9.29. The number of rotatable bonds is 6. The van der Waals surface area contributed by atoms with Crippen molar-refractivity contribution in [2.75, 3.05) is 23.7 Å². The summed E-state index contributed by atoms with van der Waals surface area (Å²) in [6.07, 6.45) is 5.38. The van der Waals surface area contributed by atoms with Crippen LogP contribution in [0, 0.1) is 6.92 Å². The molecule has 0 saturated carbocycles. The minimum absolute atomic E-state index is 0.0583. The van der Waals surface area contributed by atoms with Crippen LogP contribution < -0.4 is 4.90 Å². The second-order valence-corrected chi connectivity index (χ2v) is 7.74. The summed E-state index contributed by atoms with van der Waals surface area (Å²) in [5, 5.41) is 9.64. The maximum absolute atomic E-state index is 12.4. The largest absolute Gasteiger partial charge is 0.359 e. The zero-order valence-corrected chi connectivity index (χ0v) is 16.2. The Kier molecular flexibility index (Phi) is 5.29. The Morgan fingerprint density at radius 1 is 1.11 bits per heavy atom. The number of hydrogen-bond donors (Lipinski definition) is 1. The molecule has 1 fully saturated rings. The van der Waals surface area contributed by atoms with E-state index in [9.17, 15) is 4.79 Å². The summed E-state index contributed by atoms with van der Waals surface area (Å²) in [6.45, 7) is 4.07. The van der Waals surface area contributed by atoms with Crippen LogP contribution in [0.3, 0.4) is 0 Å². The highest BCUT2D eigenvalue weighted by molar-refractivity contribution is 7.99. The van der Waals surface area contributed by atoms with Crippen LogP contribution in [-0.4, -0.2) is 44.4 Å². The van der Waals surface area contributed by atoms with Gasteiger partial charge < -0.3 is 9.88 Å². The van der Waals surface area contributed by atoms with E-state index in [2.05, 4.69) is 55.8 Å². The van der Waals surface area contributed by atoms with Gasteiger partial charge in [-0.25, -0.2) is 0 Å². The Labute approximate surface area is 163 Å². The molecule has 0 unspecified atom stereocenters. The monoisotopic (exact) mass is 381 g/mol. The van der Waals surface area contributed by atoms with Crippen molar-refractivity contribution in [2.24, 2.45) is 0 Å². The van der Waals surface area contributed by atoms with E-state index >= 15 is 0 Å². The molecule has 4 rings (SSSR count). The molecule has 1 aliphatic heterocycles. The number of anilines is 1. The smallest absolute Gasteiger partial charge is 0.232 e. The van der Waals surface area contributed by atoms with Gasteiger partial charge in [0, 0.05) is 19.3 Å². The van der Waals surface area contributed by atoms with Gasteiger partial charge in [-0.3, -0.25) is 9.36 Å². The molecule has 0 amide bonds. The summed E-state index contributed by atoms with van der Waals surface area (Å²) in [4.78, 5) is 17.6. The van der Waals surface area contributed by atoms with E-state index in [0.29, 0.717) is 11.4 Å². The van der Waals surface area contributed by atoms with E-state index in [1.807, 2.05) is 6.07 Å². The Hall–Kier alpha value is -2.54. The van der Waals surface area contributed by atoms with Crippen LogP contribution in [0.5, 0.6) is 0 Å². The number of aryl methyl sites for hydroxylation is 1. The van der Waals surface area contributed by atoms with Crippen LogP contribution in [0.4, 0.5) is 5.95 Å². The van der Waals surface area contributed by atoms with Crippen LogP contribution in [0.15, 0.2) is 47.8 Å². The molecule has 7 heteroatoms. The third-order valence-electron chi connectivity index (χ3n) is 4.78. The summed E-state index contributed by atoms with van der Waals surface area (Å²) in [5.41, 5.74) is 2.86. The van der Waals surface area contributed by atoms with Gasteiger partial charge in [0.15, 0.2) is 10.9 Å². The average molecular weight is 382 g/mol. The lowest BCUT2D eigenvalue weighted by molar-refractivity contribution is 0.101. The molecule has 0 bridgehead atoms. The number of ketones is 1. The van der Waals surface area contributed by atoms with E-state index < -0.39 is 0 Å². The SMILES string of the molecule is Cc1ccc(-n2c(SCC(=O)c3ccc[nH]3)nnc2N2CCCCC2)cc1. The normalized spacial score (nSPS) is 14.5. The lowest BCUT2D eigenvalue weighted by atomic mass is 10.1. The fourth-order valence-electron chi connectivity index (χ4n) is 3.29. The van der Waals surface area contributed by atoms with Crippen molar-refractivity contribution < 1.29 is 4.79 Å². The average Bonchev–Trinajstić information content (AvgIpc) is 3.38. The fourth-order valence-corrected chi connectivity index (χ4v) is 4.12. The maximum atomic E-state index is 12.4. The molecule has 1 aromatic carbocycles. The number of piperidine rings is 1.